The number of hydrogen-bond acceptors (Lipinski definition) is 3. The highest BCUT2D eigenvalue weighted by Gasteiger charge is 2.36. The van der Waals surface area contributed by atoms with Crippen LogP contribution in [0.2, 0.25) is 0 Å². The first-order valence-electron chi connectivity index (χ1n) is 9.69. The van der Waals surface area contributed by atoms with E-state index in [1.165, 1.54) is 11.1 Å². The predicted molar refractivity (Wildman–Crippen MR) is 103 cm³/mol. The Kier molecular flexibility index (Phi) is 5.02. The maximum absolute atomic E-state index is 12.9. The quantitative estimate of drug-likeness (QED) is 0.833. The van der Waals surface area contributed by atoms with Gasteiger partial charge >= 0.3 is 0 Å². The third-order valence-electron chi connectivity index (χ3n) is 6.02. The molecule has 1 atom stereocenters. The van der Waals surface area contributed by atoms with Gasteiger partial charge in [0.15, 0.2) is 0 Å². The fourth-order valence-corrected chi connectivity index (χ4v) is 4.25. The molecule has 2 heterocycles. The van der Waals surface area contributed by atoms with Crippen molar-refractivity contribution in [1.82, 2.24) is 14.8 Å². The number of fused-ring (bicyclic) bond motifs is 1. The topological polar surface area (TPSA) is 36.4 Å². The van der Waals surface area contributed by atoms with Crippen LogP contribution in [-0.2, 0) is 17.6 Å². The first-order valence-corrected chi connectivity index (χ1v) is 9.69. The standard InChI is InChI=1S/C22H27N3O/c1-24(22(26)21-16-17-6-2-3-8-20(17)21)19-10-14-25(15-11-19)13-9-18-7-4-5-12-23-18/h2-8,12,19,21H,9-11,13-16H2,1H3/t21-/m0/s1. The summed E-state index contributed by atoms with van der Waals surface area (Å²) in [6.45, 7) is 3.18. The van der Waals surface area contributed by atoms with Gasteiger partial charge in [0, 0.05) is 51.0 Å². The molecule has 1 amide bonds. The minimum Gasteiger partial charge on any atom is -0.342 e. The molecular weight excluding hydrogens is 322 g/mol. The molecule has 1 fully saturated rings. The third-order valence-corrected chi connectivity index (χ3v) is 6.02. The molecule has 136 valence electrons. The lowest BCUT2D eigenvalue weighted by Gasteiger charge is -2.40. The predicted octanol–water partition coefficient (Wildman–Crippen LogP) is 2.89. The van der Waals surface area contributed by atoms with Gasteiger partial charge in [0.05, 0.1) is 5.92 Å². The van der Waals surface area contributed by atoms with Crippen molar-refractivity contribution >= 4 is 5.91 Å². The molecule has 0 saturated carbocycles. The van der Waals surface area contributed by atoms with E-state index in [4.69, 9.17) is 0 Å². The van der Waals surface area contributed by atoms with Crippen molar-refractivity contribution in [3.63, 3.8) is 0 Å². The van der Waals surface area contributed by atoms with E-state index >= 15 is 0 Å². The Morgan fingerprint density at radius 3 is 2.65 bits per heavy atom. The zero-order valence-corrected chi connectivity index (χ0v) is 15.5. The van der Waals surface area contributed by atoms with Gasteiger partial charge in [-0.05, 0) is 42.5 Å². The van der Waals surface area contributed by atoms with Gasteiger partial charge in [-0.2, -0.15) is 0 Å². The normalized spacial score (nSPS) is 20.3. The van der Waals surface area contributed by atoms with Crippen LogP contribution in [0.5, 0.6) is 0 Å². The molecule has 2 aliphatic rings. The summed E-state index contributed by atoms with van der Waals surface area (Å²) in [6, 6.07) is 14.8. The number of carbonyl (C=O) groups excluding carboxylic acids is 1. The van der Waals surface area contributed by atoms with Gasteiger partial charge in [-0.15, -0.1) is 0 Å². The lowest BCUT2D eigenvalue weighted by Crippen LogP contribution is -2.48. The molecule has 1 saturated heterocycles. The van der Waals surface area contributed by atoms with Crippen molar-refractivity contribution in [2.24, 2.45) is 0 Å². The van der Waals surface area contributed by atoms with E-state index in [9.17, 15) is 4.79 Å². The van der Waals surface area contributed by atoms with E-state index in [0.717, 1.165) is 51.0 Å². The van der Waals surface area contributed by atoms with Crippen molar-refractivity contribution < 1.29 is 4.79 Å². The lowest BCUT2D eigenvalue weighted by molar-refractivity contribution is -0.135. The number of carbonyl (C=O) groups is 1. The number of benzene rings is 1. The first-order chi connectivity index (χ1) is 12.7. The van der Waals surface area contributed by atoms with Gasteiger partial charge in [0.1, 0.15) is 0 Å². The number of amides is 1. The van der Waals surface area contributed by atoms with Crippen LogP contribution in [0.15, 0.2) is 48.7 Å². The Hall–Kier alpha value is -2.20. The number of hydrogen-bond donors (Lipinski definition) is 0. The number of likely N-dealkylation sites (N-methyl/N-ethyl adjacent to an activating group) is 1. The van der Waals surface area contributed by atoms with Crippen molar-refractivity contribution in [2.75, 3.05) is 26.7 Å². The second-order valence-corrected chi connectivity index (χ2v) is 7.55. The Morgan fingerprint density at radius 1 is 1.15 bits per heavy atom. The van der Waals surface area contributed by atoms with Crippen molar-refractivity contribution in [3.05, 3.63) is 65.5 Å². The molecule has 0 radical (unpaired) electrons. The molecule has 0 N–H and O–H groups in total. The Labute approximate surface area is 155 Å². The van der Waals surface area contributed by atoms with Gasteiger partial charge in [0.25, 0.3) is 0 Å². The molecule has 0 spiro atoms. The smallest absolute Gasteiger partial charge is 0.230 e. The molecule has 1 aliphatic carbocycles. The number of likely N-dealkylation sites (tertiary alicyclic amines) is 1. The van der Waals surface area contributed by atoms with Crippen molar-refractivity contribution in [1.29, 1.82) is 0 Å². The van der Waals surface area contributed by atoms with E-state index in [2.05, 4.69) is 34.1 Å². The highest BCUT2D eigenvalue weighted by atomic mass is 16.2. The molecule has 1 aromatic heterocycles. The summed E-state index contributed by atoms with van der Waals surface area (Å²) in [5.41, 5.74) is 3.73. The zero-order valence-electron chi connectivity index (χ0n) is 15.5. The largest absolute Gasteiger partial charge is 0.342 e. The SMILES string of the molecule is CN(C(=O)[C@H]1Cc2ccccc21)C1CCN(CCc2ccccn2)CC1. The Balaban J connectivity index is 1.26. The Morgan fingerprint density at radius 2 is 1.92 bits per heavy atom. The molecule has 4 rings (SSSR count). The fourth-order valence-electron chi connectivity index (χ4n) is 4.25. The minimum absolute atomic E-state index is 0.0818. The maximum atomic E-state index is 12.9. The van der Waals surface area contributed by atoms with E-state index in [-0.39, 0.29) is 5.92 Å². The fraction of sp³-hybridized carbons (Fsp3) is 0.455. The molecule has 1 aromatic carbocycles. The molecular formula is C22H27N3O. The van der Waals surface area contributed by atoms with Crippen LogP contribution >= 0.6 is 0 Å². The average molecular weight is 349 g/mol. The molecule has 4 nitrogen and oxygen atoms in total. The minimum atomic E-state index is 0.0818. The summed E-state index contributed by atoms with van der Waals surface area (Å²) < 4.78 is 0. The van der Waals surface area contributed by atoms with E-state index in [1.54, 1.807) is 0 Å². The summed E-state index contributed by atoms with van der Waals surface area (Å²) in [5, 5.41) is 0. The molecule has 0 unspecified atom stereocenters. The van der Waals surface area contributed by atoms with Crippen LogP contribution in [0.3, 0.4) is 0 Å². The summed E-state index contributed by atoms with van der Waals surface area (Å²) in [5.74, 6) is 0.383. The number of rotatable bonds is 5. The molecule has 0 bridgehead atoms. The molecule has 2 aromatic rings. The van der Waals surface area contributed by atoms with Gasteiger partial charge in [0.2, 0.25) is 5.91 Å². The summed E-state index contributed by atoms with van der Waals surface area (Å²) in [6.07, 6.45) is 5.90. The van der Waals surface area contributed by atoms with Gasteiger partial charge in [-0.1, -0.05) is 30.3 Å². The van der Waals surface area contributed by atoms with E-state index in [1.807, 2.05) is 36.3 Å². The third kappa shape index (κ3) is 3.51. The van der Waals surface area contributed by atoms with Gasteiger partial charge < -0.3 is 9.80 Å². The van der Waals surface area contributed by atoms with Gasteiger partial charge in [-0.25, -0.2) is 0 Å². The van der Waals surface area contributed by atoms with Crippen LogP contribution in [0.4, 0.5) is 0 Å². The van der Waals surface area contributed by atoms with E-state index in [0.29, 0.717) is 11.9 Å². The maximum Gasteiger partial charge on any atom is 0.230 e. The lowest BCUT2D eigenvalue weighted by atomic mass is 9.76. The molecule has 1 aliphatic heterocycles. The van der Waals surface area contributed by atoms with Crippen LogP contribution in [0.1, 0.15) is 35.6 Å². The van der Waals surface area contributed by atoms with Crippen molar-refractivity contribution in [3.8, 4) is 0 Å². The van der Waals surface area contributed by atoms with Crippen LogP contribution in [0.25, 0.3) is 0 Å². The van der Waals surface area contributed by atoms with Gasteiger partial charge in [-0.3, -0.25) is 9.78 Å². The monoisotopic (exact) mass is 349 g/mol. The summed E-state index contributed by atoms with van der Waals surface area (Å²) in [7, 11) is 2.00. The summed E-state index contributed by atoms with van der Waals surface area (Å²) in [4.78, 5) is 21.8. The first kappa shape index (κ1) is 17.2. The number of piperidine rings is 1. The van der Waals surface area contributed by atoms with Crippen molar-refractivity contribution in [2.45, 2.75) is 37.6 Å². The number of pyridine rings is 1. The Bertz CT molecular complexity index is 753. The highest BCUT2D eigenvalue weighted by Crippen LogP contribution is 2.36. The highest BCUT2D eigenvalue weighted by molar-refractivity contribution is 5.87. The zero-order chi connectivity index (χ0) is 17.9. The van der Waals surface area contributed by atoms with Crippen LogP contribution < -0.4 is 0 Å². The van der Waals surface area contributed by atoms with Crippen LogP contribution in [-0.4, -0.2) is 53.4 Å². The second kappa shape index (κ2) is 7.58. The number of nitrogens with zero attached hydrogens (tertiary/aromatic N) is 3. The second-order valence-electron chi connectivity index (χ2n) is 7.55. The van der Waals surface area contributed by atoms with Crippen LogP contribution in [0, 0.1) is 0 Å². The molecule has 26 heavy (non-hydrogen) atoms. The summed E-state index contributed by atoms with van der Waals surface area (Å²) >= 11 is 0. The molecule has 4 heteroatoms. The number of aromatic nitrogens is 1. The average Bonchev–Trinajstić information content (AvgIpc) is 2.68. The van der Waals surface area contributed by atoms with E-state index < -0.39 is 0 Å².